The Bertz CT molecular complexity index is 1020. The summed E-state index contributed by atoms with van der Waals surface area (Å²) in [6, 6.07) is 11.4. The molecule has 0 atom stereocenters. The maximum Gasteiger partial charge on any atom is 0.200 e. The number of piperidine rings is 1. The highest BCUT2D eigenvalue weighted by molar-refractivity contribution is 6.34. The average molecular weight is 399 g/mol. The minimum Gasteiger partial charge on any atom is -0.494 e. The van der Waals surface area contributed by atoms with Crippen LogP contribution in [0.15, 0.2) is 36.4 Å². The molecule has 0 unspecified atom stereocenters. The molecule has 2 heterocycles. The third kappa shape index (κ3) is 3.60. The van der Waals surface area contributed by atoms with Gasteiger partial charge in [0.2, 0.25) is 5.88 Å². The van der Waals surface area contributed by atoms with Gasteiger partial charge in [0.1, 0.15) is 11.9 Å². The highest BCUT2D eigenvalue weighted by atomic mass is 35.5. The molecule has 4 rings (SSSR count). The molecule has 0 spiro atoms. The van der Waals surface area contributed by atoms with E-state index >= 15 is 0 Å². The molecule has 2 N–H and O–H groups in total. The number of ether oxygens (including phenoxy) is 1. The Kier molecular flexibility index (Phi) is 5.04. The van der Waals surface area contributed by atoms with Crippen LogP contribution < -0.4 is 4.74 Å². The van der Waals surface area contributed by atoms with E-state index in [1.54, 1.807) is 6.07 Å². The van der Waals surface area contributed by atoms with Crippen molar-refractivity contribution in [1.82, 2.24) is 9.88 Å². The van der Waals surface area contributed by atoms with Crippen molar-refractivity contribution in [3.05, 3.63) is 47.0 Å². The predicted molar refractivity (Wildman–Crippen MR) is 112 cm³/mol. The molecule has 0 bridgehead atoms. The molecule has 1 aromatic heterocycles. The highest BCUT2D eigenvalue weighted by Crippen LogP contribution is 2.37. The van der Waals surface area contributed by atoms with Crippen molar-refractivity contribution in [3.63, 3.8) is 0 Å². The van der Waals surface area contributed by atoms with Crippen LogP contribution in [0.5, 0.6) is 11.6 Å². The fourth-order valence-corrected chi connectivity index (χ4v) is 4.06. The Morgan fingerprint density at radius 2 is 1.89 bits per heavy atom. The maximum atomic E-state index is 11.9. The number of fused-ring (bicyclic) bond motifs is 1. The van der Waals surface area contributed by atoms with Gasteiger partial charge in [0.25, 0.3) is 0 Å². The summed E-state index contributed by atoms with van der Waals surface area (Å²) < 4.78 is 6.11. The van der Waals surface area contributed by atoms with Gasteiger partial charge in [-0.05, 0) is 56.6 Å². The molecule has 146 valence electrons. The van der Waals surface area contributed by atoms with Gasteiger partial charge in [-0.1, -0.05) is 23.7 Å². The molecule has 2 aromatic carbocycles. The molecule has 1 fully saturated rings. The fourth-order valence-electron chi connectivity index (χ4n) is 3.79. The second-order valence-electron chi connectivity index (χ2n) is 7.43. The van der Waals surface area contributed by atoms with E-state index in [-0.39, 0.29) is 23.3 Å². The molecule has 3 aromatic rings. The van der Waals surface area contributed by atoms with Gasteiger partial charge in [0.15, 0.2) is 5.78 Å². The van der Waals surface area contributed by atoms with Crippen molar-refractivity contribution in [2.75, 3.05) is 20.1 Å². The fraction of sp³-hybridized carbons (Fsp3) is 0.318. The van der Waals surface area contributed by atoms with E-state index in [0.717, 1.165) is 42.8 Å². The first kappa shape index (κ1) is 18.8. The first-order chi connectivity index (χ1) is 13.4. The minimum atomic E-state index is -0.195. The van der Waals surface area contributed by atoms with E-state index in [0.29, 0.717) is 15.9 Å². The van der Waals surface area contributed by atoms with Crippen LogP contribution in [-0.2, 0) is 0 Å². The summed E-state index contributed by atoms with van der Waals surface area (Å²) >= 11 is 6.47. The van der Waals surface area contributed by atoms with E-state index in [1.807, 2.05) is 30.3 Å². The number of carbonyl (C=O) groups excluding carboxylic acids is 1. The van der Waals surface area contributed by atoms with Crippen molar-refractivity contribution in [2.45, 2.75) is 25.9 Å². The van der Waals surface area contributed by atoms with Crippen molar-refractivity contribution in [1.29, 1.82) is 0 Å². The van der Waals surface area contributed by atoms with Crippen LogP contribution in [0.1, 0.15) is 30.1 Å². The minimum absolute atomic E-state index is 0.127. The molecule has 1 saturated heterocycles. The molecule has 0 amide bonds. The monoisotopic (exact) mass is 398 g/mol. The van der Waals surface area contributed by atoms with Gasteiger partial charge in [-0.15, -0.1) is 0 Å². The molecular formula is C22H23ClN2O3. The standard InChI is InChI=1S/C22H23ClN2O3/c1-13(26)21-18-11-17(19(23)12-20(18)24-22(21)27)14-3-5-15(6-4-14)28-16-7-9-25(2)10-8-16/h3-6,11-12,16,24,27H,7-10H2,1-2H3. The highest BCUT2D eigenvalue weighted by Gasteiger charge is 2.19. The molecule has 1 aliphatic heterocycles. The smallest absolute Gasteiger partial charge is 0.200 e. The normalized spacial score (nSPS) is 15.8. The maximum absolute atomic E-state index is 11.9. The van der Waals surface area contributed by atoms with E-state index in [4.69, 9.17) is 16.3 Å². The number of benzene rings is 2. The molecule has 28 heavy (non-hydrogen) atoms. The lowest BCUT2D eigenvalue weighted by Gasteiger charge is -2.29. The van der Waals surface area contributed by atoms with Gasteiger partial charge in [-0.25, -0.2) is 0 Å². The SMILES string of the molecule is CC(=O)c1c(O)[nH]c2cc(Cl)c(-c3ccc(OC4CCN(C)CC4)cc3)cc12. The lowest BCUT2D eigenvalue weighted by Crippen LogP contribution is -2.35. The molecule has 0 aliphatic carbocycles. The zero-order valence-electron chi connectivity index (χ0n) is 16.0. The van der Waals surface area contributed by atoms with Gasteiger partial charge in [0, 0.05) is 24.0 Å². The van der Waals surface area contributed by atoms with Crippen LogP contribution in [0.3, 0.4) is 0 Å². The van der Waals surface area contributed by atoms with Crippen LogP contribution in [0.25, 0.3) is 22.0 Å². The lowest BCUT2D eigenvalue weighted by molar-refractivity contribution is 0.101. The first-order valence-corrected chi connectivity index (χ1v) is 9.81. The number of aromatic hydroxyl groups is 1. The summed E-state index contributed by atoms with van der Waals surface area (Å²) in [5.41, 5.74) is 2.66. The second-order valence-corrected chi connectivity index (χ2v) is 7.83. The van der Waals surface area contributed by atoms with Gasteiger partial charge < -0.3 is 19.7 Å². The number of nitrogens with zero attached hydrogens (tertiary/aromatic N) is 1. The number of hydrogen-bond acceptors (Lipinski definition) is 4. The Labute approximate surface area is 168 Å². The summed E-state index contributed by atoms with van der Waals surface area (Å²) in [6.45, 7) is 3.55. The third-order valence-corrected chi connectivity index (χ3v) is 5.66. The number of Topliss-reactive ketones (excluding diaryl/α,β-unsaturated/α-hetero) is 1. The summed E-state index contributed by atoms with van der Waals surface area (Å²) in [7, 11) is 2.13. The summed E-state index contributed by atoms with van der Waals surface area (Å²) in [6.07, 6.45) is 2.32. The lowest BCUT2D eigenvalue weighted by atomic mass is 10.0. The number of aromatic nitrogens is 1. The van der Waals surface area contributed by atoms with Crippen LogP contribution in [0.2, 0.25) is 5.02 Å². The van der Waals surface area contributed by atoms with Crippen LogP contribution in [0, 0.1) is 0 Å². The Morgan fingerprint density at radius 1 is 1.21 bits per heavy atom. The topological polar surface area (TPSA) is 65.6 Å². The summed E-state index contributed by atoms with van der Waals surface area (Å²) in [5.74, 6) is 0.524. The molecule has 6 heteroatoms. The van der Waals surface area contributed by atoms with E-state index in [1.165, 1.54) is 6.92 Å². The summed E-state index contributed by atoms with van der Waals surface area (Å²) in [5, 5.41) is 11.2. The first-order valence-electron chi connectivity index (χ1n) is 9.43. The van der Waals surface area contributed by atoms with E-state index in [2.05, 4.69) is 16.9 Å². The number of hydrogen-bond donors (Lipinski definition) is 2. The largest absolute Gasteiger partial charge is 0.494 e. The molecule has 5 nitrogen and oxygen atoms in total. The van der Waals surface area contributed by atoms with Crippen LogP contribution in [0.4, 0.5) is 0 Å². The zero-order chi connectivity index (χ0) is 19.8. The number of likely N-dealkylation sites (tertiary alicyclic amines) is 1. The number of nitrogens with one attached hydrogen (secondary N) is 1. The number of rotatable bonds is 4. The number of ketones is 1. The number of halogens is 1. The second kappa shape index (κ2) is 7.49. The number of carbonyl (C=O) groups is 1. The van der Waals surface area contributed by atoms with Crippen molar-refractivity contribution in [3.8, 4) is 22.8 Å². The number of H-pyrrole nitrogens is 1. The molecule has 1 aliphatic rings. The van der Waals surface area contributed by atoms with Crippen molar-refractivity contribution in [2.24, 2.45) is 0 Å². The zero-order valence-corrected chi connectivity index (χ0v) is 16.7. The van der Waals surface area contributed by atoms with Crippen LogP contribution >= 0.6 is 11.6 Å². The van der Waals surface area contributed by atoms with Crippen molar-refractivity contribution < 1.29 is 14.6 Å². The Morgan fingerprint density at radius 3 is 2.54 bits per heavy atom. The van der Waals surface area contributed by atoms with Gasteiger partial charge >= 0.3 is 0 Å². The summed E-state index contributed by atoms with van der Waals surface area (Å²) in [4.78, 5) is 17.0. The Balaban J connectivity index is 1.61. The van der Waals surface area contributed by atoms with E-state index in [9.17, 15) is 9.90 Å². The number of aromatic amines is 1. The predicted octanol–water partition coefficient (Wildman–Crippen LogP) is 4.87. The van der Waals surface area contributed by atoms with Gasteiger partial charge in [-0.2, -0.15) is 0 Å². The van der Waals surface area contributed by atoms with Crippen LogP contribution in [-0.4, -0.2) is 47.0 Å². The molecular weight excluding hydrogens is 376 g/mol. The Hall–Kier alpha value is -2.50. The van der Waals surface area contributed by atoms with Gasteiger partial charge in [-0.3, -0.25) is 4.79 Å². The van der Waals surface area contributed by atoms with E-state index < -0.39 is 0 Å². The quantitative estimate of drug-likeness (QED) is 0.615. The average Bonchev–Trinajstić information content (AvgIpc) is 2.98. The third-order valence-electron chi connectivity index (χ3n) is 5.35. The van der Waals surface area contributed by atoms with Gasteiger partial charge in [0.05, 0.1) is 16.1 Å². The molecule has 0 saturated carbocycles. The van der Waals surface area contributed by atoms with Crippen molar-refractivity contribution >= 4 is 28.3 Å². The molecule has 0 radical (unpaired) electrons.